The lowest BCUT2D eigenvalue weighted by atomic mass is 9.94. The minimum Gasteiger partial charge on any atom is -0.342 e. The molecule has 0 aliphatic carbocycles. The molecule has 30 heavy (non-hydrogen) atoms. The zero-order valence-electron chi connectivity index (χ0n) is 17.6. The number of hydrogen-bond donors (Lipinski definition) is 1. The van der Waals surface area contributed by atoms with Crippen LogP contribution in [-0.4, -0.2) is 66.8 Å². The number of hydrogen-bond acceptors (Lipinski definition) is 4. The molecular weight excluding hydrogens is 380 g/mol. The van der Waals surface area contributed by atoms with E-state index in [4.69, 9.17) is 0 Å². The minimum atomic E-state index is -0.0549. The average molecular weight is 413 g/mol. The number of amides is 3. The fourth-order valence-electron chi connectivity index (χ4n) is 4.79. The van der Waals surface area contributed by atoms with Crippen molar-refractivity contribution in [2.24, 2.45) is 5.92 Å². The van der Waals surface area contributed by atoms with Gasteiger partial charge in [-0.1, -0.05) is 6.07 Å². The van der Waals surface area contributed by atoms with Crippen LogP contribution in [0.2, 0.25) is 0 Å². The van der Waals surface area contributed by atoms with Gasteiger partial charge >= 0.3 is 0 Å². The minimum absolute atomic E-state index is 0.0549. The summed E-state index contributed by atoms with van der Waals surface area (Å²) in [4.78, 5) is 43.1. The number of benzene rings is 1. The molecule has 3 heterocycles. The maximum atomic E-state index is 12.7. The van der Waals surface area contributed by atoms with E-state index in [9.17, 15) is 14.4 Å². The lowest BCUT2D eigenvalue weighted by Crippen LogP contribution is -2.45. The Morgan fingerprint density at radius 1 is 0.967 bits per heavy atom. The highest BCUT2D eigenvalue weighted by Gasteiger charge is 2.29. The summed E-state index contributed by atoms with van der Waals surface area (Å²) < 4.78 is 0. The SMILES string of the molecule is O=C(CN1CCC(C(=O)N2CCCCC2)CC1)Nc1cccc(N2CCCC2=O)c1. The van der Waals surface area contributed by atoms with Crippen molar-refractivity contribution < 1.29 is 14.4 Å². The molecule has 4 rings (SSSR count). The van der Waals surface area contributed by atoms with Crippen LogP contribution in [0.15, 0.2) is 24.3 Å². The molecule has 3 aliphatic heterocycles. The Bertz CT molecular complexity index is 782. The van der Waals surface area contributed by atoms with Gasteiger partial charge in [-0.15, -0.1) is 0 Å². The molecule has 0 atom stereocenters. The molecule has 7 nitrogen and oxygen atoms in total. The quantitative estimate of drug-likeness (QED) is 0.806. The molecule has 1 aromatic rings. The zero-order chi connectivity index (χ0) is 20.9. The molecule has 0 radical (unpaired) electrons. The first-order chi connectivity index (χ1) is 14.6. The van der Waals surface area contributed by atoms with Gasteiger partial charge in [-0.25, -0.2) is 0 Å². The van der Waals surface area contributed by atoms with Gasteiger partial charge in [0.2, 0.25) is 17.7 Å². The molecule has 0 bridgehead atoms. The van der Waals surface area contributed by atoms with Gasteiger partial charge in [0.05, 0.1) is 6.54 Å². The number of nitrogens with one attached hydrogen (secondary N) is 1. The number of likely N-dealkylation sites (tertiary alicyclic amines) is 2. The van der Waals surface area contributed by atoms with Crippen LogP contribution in [0.3, 0.4) is 0 Å². The predicted molar refractivity (Wildman–Crippen MR) is 116 cm³/mol. The molecule has 1 aromatic carbocycles. The van der Waals surface area contributed by atoms with Gasteiger partial charge in [0, 0.05) is 43.3 Å². The van der Waals surface area contributed by atoms with E-state index >= 15 is 0 Å². The predicted octanol–water partition coefficient (Wildman–Crippen LogP) is 2.48. The highest BCUT2D eigenvalue weighted by atomic mass is 16.2. The molecule has 3 amide bonds. The van der Waals surface area contributed by atoms with Crippen LogP contribution >= 0.6 is 0 Å². The Morgan fingerprint density at radius 2 is 1.73 bits per heavy atom. The van der Waals surface area contributed by atoms with Crippen molar-refractivity contribution in [2.75, 3.05) is 49.5 Å². The van der Waals surface area contributed by atoms with E-state index < -0.39 is 0 Å². The smallest absolute Gasteiger partial charge is 0.238 e. The van der Waals surface area contributed by atoms with Crippen LogP contribution in [0.4, 0.5) is 11.4 Å². The maximum Gasteiger partial charge on any atom is 0.238 e. The van der Waals surface area contributed by atoms with Crippen molar-refractivity contribution in [2.45, 2.75) is 44.9 Å². The first kappa shape index (κ1) is 20.8. The van der Waals surface area contributed by atoms with Crippen LogP contribution in [0.5, 0.6) is 0 Å². The number of rotatable bonds is 5. The van der Waals surface area contributed by atoms with Crippen molar-refractivity contribution in [1.29, 1.82) is 0 Å². The van der Waals surface area contributed by atoms with Gasteiger partial charge in [0.1, 0.15) is 0 Å². The second kappa shape index (κ2) is 9.60. The lowest BCUT2D eigenvalue weighted by Gasteiger charge is -2.35. The summed E-state index contributed by atoms with van der Waals surface area (Å²) in [5.41, 5.74) is 1.56. The molecular formula is C23H32N4O3. The fraction of sp³-hybridized carbons (Fsp3) is 0.609. The molecule has 0 unspecified atom stereocenters. The number of nitrogens with zero attached hydrogens (tertiary/aromatic N) is 3. The Balaban J connectivity index is 1.24. The van der Waals surface area contributed by atoms with Crippen LogP contribution in [0.1, 0.15) is 44.9 Å². The average Bonchev–Trinajstić information content (AvgIpc) is 3.20. The fourth-order valence-corrected chi connectivity index (χ4v) is 4.79. The normalized spacial score (nSPS) is 21.1. The Hall–Kier alpha value is -2.41. The van der Waals surface area contributed by atoms with Crippen LogP contribution in [-0.2, 0) is 14.4 Å². The second-order valence-electron chi connectivity index (χ2n) is 8.68. The molecule has 3 aliphatic rings. The number of anilines is 2. The van der Waals surface area contributed by atoms with Gasteiger partial charge in [0.15, 0.2) is 0 Å². The summed E-state index contributed by atoms with van der Waals surface area (Å²) in [5, 5.41) is 2.96. The topological polar surface area (TPSA) is 73.0 Å². The van der Waals surface area contributed by atoms with Gasteiger partial charge in [-0.3, -0.25) is 19.3 Å². The Kier molecular flexibility index (Phi) is 6.67. The highest BCUT2D eigenvalue weighted by Crippen LogP contribution is 2.25. The Labute approximate surface area is 178 Å². The molecule has 162 valence electrons. The molecule has 0 spiro atoms. The van der Waals surface area contributed by atoms with E-state index in [2.05, 4.69) is 10.2 Å². The van der Waals surface area contributed by atoms with Crippen molar-refractivity contribution in [3.8, 4) is 0 Å². The highest BCUT2D eigenvalue weighted by molar-refractivity contribution is 5.97. The number of piperidine rings is 2. The van der Waals surface area contributed by atoms with Crippen LogP contribution < -0.4 is 10.2 Å². The summed E-state index contributed by atoms with van der Waals surface area (Å²) in [7, 11) is 0. The summed E-state index contributed by atoms with van der Waals surface area (Å²) in [6, 6.07) is 7.49. The van der Waals surface area contributed by atoms with E-state index in [0.717, 1.165) is 70.5 Å². The van der Waals surface area contributed by atoms with Gasteiger partial charge in [-0.05, 0) is 69.8 Å². The summed E-state index contributed by atoms with van der Waals surface area (Å²) in [5.74, 6) is 0.505. The summed E-state index contributed by atoms with van der Waals surface area (Å²) in [6.07, 6.45) is 6.60. The summed E-state index contributed by atoms with van der Waals surface area (Å²) >= 11 is 0. The number of carbonyl (C=O) groups is 3. The second-order valence-corrected chi connectivity index (χ2v) is 8.68. The van der Waals surface area contributed by atoms with Gasteiger partial charge < -0.3 is 15.1 Å². The molecule has 3 saturated heterocycles. The van der Waals surface area contributed by atoms with E-state index in [1.165, 1.54) is 6.42 Å². The molecule has 7 heteroatoms. The van der Waals surface area contributed by atoms with Gasteiger partial charge in [0.25, 0.3) is 0 Å². The van der Waals surface area contributed by atoms with Crippen molar-refractivity contribution in [1.82, 2.24) is 9.80 Å². The van der Waals surface area contributed by atoms with Crippen molar-refractivity contribution >= 4 is 29.1 Å². The van der Waals surface area contributed by atoms with Crippen molar-refractivity contribution in [3.63, 3.8) is 0 Å². The van der Waals surface area contributed by atoms with E-state index in [1.54, 1.807) is 4.90 Å². The standard InChI is InChI=1S/C23H32N4O3/c28-21(24-19-6-4-7-20(16-19)27-13-5-8-22(27)29)17-25-14-9-18(10-15-25)23(30)26-11-2-1-3-12-26/h4,6-7,16,18H,1-3,5,8-15,17H2,(H,24,28). The first-order valence-electron chi connectivity index (χ1n) is 11.3. The van der Waals surface area contributed by atoms with E-state index in [1.807, 2.05) is 29.2 Å². The monoisotopic (exact) mass is 412 g/mol. The summed E-state index contributed by atoms with van der Waals surface area (Å²) in [6.45, 7) is 4.44. The van der Waals surface area contributed by atoms with Crippen LogP contribution in [0.25, 0.3) is 0 Å². The first-order valence-corrected chi connectivity index (χ1v) is 11.3. The van der Waals surface area contributed by atoms with Crippen LogP contribution in [0, 0.1) is 5.92 Å². The Morgan fingerprint density at radius 3 is 2.43 bits per heavy atom. The zero-order valence-corrected chi connectivity index (χ0v) is 17.6. The molecule has 3 fully saturated rings. The third kappa shape index (κ3) is 5.01. The van der Waals surface area contributed by atoms with E-state index in [-0.39, 0.29) is 17.7 Å². The molecule has 0 saturated carbocycles. The van der Waals surface area contributed by atoms with E-state index in [0.29, 0.717) is 24.6 Å². The third-order valence-corrected chi connectivity index (χ3v) is 6.49. The van der Waals surface area contributed by atoms with Gasteiger partial charge in [-0.2, -0.15) is 0 Å². The van der Waals surface area contributed by atoms with Crippen molar-refractivity contribution in [3.05, 3.63) is 24.3 Å². The third-order valence-electron chi connectivity index (χ3n) is 6.49. The molecule has 1 N–H and O–H groups in total. The maximum absolute atomic E-state index is 12.7. The largest absolute Gasteiger partial charge is 0.342 e. The molecule has 0 aromatic heterocycles. The lowest BCUT2D eigenvalue weighted by molar-refractivity contribution is -0.138. The number of carbonyl (C=O) groups excluding carboxylic acids is 3.